The third-order valence-corrected chi connectivity index (χ3v) is 2.89. The molecule has 86 valence electrons. The molecule has 0 radical (unpaired) electrons. The molecular formula is C14H10Cl2O. The average molecular weight is 265 g/mol. The molecule has 1 nitrogen and oxygen atoms in total. The van der Waals surface area contributed by atoms with Gasteiger partial charge in [0, 0.05) is 11.4 Å². The molecule has 0 aliphatic rings. The molecule has 0 fully saturated rings. The molecule has 0 saturated carbocycles. The SMILES string of the molecule is O=C(Cl)Cc1ccccc1-c1ccc(Cl)cc1. The minimum atomic E-state index is -0.355. The van der Waals surface area contributed by atoms with Crippen molar-refractivity contribution in [1.82, 2.24) is 0 Å². The zero-order valence-corrected chi connectivity index (χ0v) is 10.5. The first-order chi connectivity index (χ1) is 8.16. The molecule has 2 aromatic carbocycles. The summed E-state index contributed by atoms with van der Waals surface area (Å²) in [6.45, 7) is 0. The molecule has 0 heterocycles. The highest BCUT2D eigenvalue weighted by Crippen LogP contribution is 2.25. The van der Waals surface area contributed by atoms with Crippen molar-refractivity contribution in [2.45, 2.75) is 6.42 Å². The topological polar surface area (TPSA) is 17.1 Å². The van der Waals surface area contributed by atoms with Crippen molar-refractivity contribution >= 4 is 28.4 Å². The fraction of sp³-hybridized carbons (Fsp3) is 0.0714. The first-order valence-electron chi connectivity index (χ1n) is 5.19. The summed E-state index contributed by atoms with van der Waals surface area (Å²) in [5.74, 6) is 0. The van der Waals surface area contributed by atoms with E-state index in [1.807, 2.05) is 48.5 Å². The smallest absolute Gasteiger partial charge is 0.226 e. The van der Waals surface area contributed by atoms with E-state index in [9.17, 15) is 4.79 Å². The van der Waals surface area contributed by atoms with Crippen molar-refractivity contribution in [3.63, 3.8) is 0 Å². The van der Waals surface area contributed by atoms with Gasteiger partial charge in [-0.05, 0) is 40.4 Å². The summed E-state index contributed by atoms with van der Waals surface area (Å²) in [7, 11) is 0. The molecule has 0 atom stereocenters. The summed E-state index contributed by atoms with van der Waals surface area (Å²) in [6.07, 6.45) is 0.236. The van der Waals surface area contributed by atoms with Crippen molar-refractivity contribution < 1.29 is 4.79 Å². The second-order valence-electron chi connectivity index (χ2n) is 3.70. The maximum atomic E-state index is 11.0. The van der Waals surface area contributed by atoms with Crippen LogP contribution in [0.3, 0.4) is 0 Å². The van der Waals surface area contributed by atoms with Gasteiger partial charge in [-0.1, -0.05) is 48.0 Å². The molecule has 2 aromatic rings. The van der Waals surface area contributed by atoms with Crippen LogP contribution in [0.5, 0.6) is 0 Å². The summed E-state index contributed by atoms with van der Waals surface area (Å²) in [5, 5.41) is 0.339. The Morgan fingerprint density at radius 1 is 1.00 bits per heavy atom. The number of carbonyl (C=O) groups is 1. The van der Waals surface area contributed by atoms with E-state index in [1.54, 1.807) is 0 Å². The molecule has 0 amide bonds. The molecule has 0 aromatic heterocycles. The van der Waals surface area contributed by atoms with Crippen molar-refractivity contribution in [1.29, 1.82) is 0 Å². The second kappa shape index (κ2) is 5.35. The summed E-state index contributed by atoms with van der Waals surface area (Å²) in [6, 6.07) is 15.2. The monoisotopic (exact) mass is 264 g/mol. The van der Waals surface area contributed by atoms with Gasteiger partial charge < -0.3 is 0 Å². The third kappa shape index (κ3) is 3.09. The first-order valence-corrected chi connectivity index (χ1v) is 5.94. The number of benzene rings is 2. The van der Waals surface area contributed by atoms with Gasteiger partial charge in [-0.2, -0.15) is 0 Å². The van der Waals surface area contributed by atoms with Crippen LogP contribution in [0.25, 0.3) is 11.1 Å². The van der Waals surface area contributed by atoms with Gasteiger partial charge in [-0.25, -0.2) is 0 Å². The zero-order chi connectivity index (χ0) is 12.3. The Labute approximate surface area is 110 Å². The Kier molecular flexibility index (Phi) is 3.82. The number of halogens is 2. The van der Waals surface area contributed by atoms with Gasteiger partial charge in [-0.3, -0.25) is 4.79 Å². The van der Waals surface area contributed by atoms with Crippen molar-refractivity contribution in [3.05, 3.63) is 59.1 Å². The van der Waals surface area contributed by atoms with Crippen LogP contribution < -0.4 is 0 Å². The number of rotatable bonds is 3. The predicted octanol–water partition coefficient (Wildman–Crippen LogP) is 4.31. The molecule has 0 saturated heterocycles. The molecule has 17 heavy (non-hydrogen) atoms. The van der Waals surface area contributed by atoms with Gasteiger partial charge in [-0.15, -0.1) is 0 Å². The number of hydrogen-bond donors (Lipinski definition) is 0. The van der Waals surface area contributed by atoms with Crippen molar-refractivity contribution in [2.75, 3.05) is 0 Å². The largest absolute Gasteiger partial charge is 0.281 e. The van der Waals surface area contributed by atoms with Crippen LogP contribution in [-0.4, -0.2) is 5.24 Å². The average Bonchev–Trinajstić information content (AvgIpc) is 2.30. The lowest BCUT2D eigenvalue weighted by atomic mass is 9.98. The molecule has 0 spiro atoms. The van der Waals surface area contributed by atoms with Gasteiger partial charge in [0.1, 0.15) is 0 Å². The summed E-state index contributed by atoms with van der Waals surface area (Å²) in [5.41, 5.74) is 2.97. The van der Waals surface area contributed by atoms with E-state index in [2.05, 4.69) is 0 Å². The molecule has 0 unspecified atom stereocenters. The minimum absolute atomic E-state index is 0.236. The van der Waals surface area contributed by atoms with Gasteiger partial charge in [0.2, 0.25) is 5.24 Å². The highest BCUT2D eigenvalue weighted by molar-refractivity contribution is 6.63. The maximum absolute atomic E-state index is 11.0. The highest BCUT2D eigenvalue weighted by Gasteiger charge is 2.07. The molecule has 0 N–H and O–H groups in total. The van der Waals surface area contributed by atoms with E-state index < -0.39 is 0 Å². The minimum Gasteiger partial charge on any atom is -0.281 e. The lowest BCUT2D eigenvalue weighted by Crippen LogP contribution is -1.96. The highest BCUT2D eigenvalue weighted by atomic mass is 35.5. The van der Waals surface area contributed by atoms with E-state index in [4.69, 9.17) is 23.2 Å². The summed E-state index contributed by atoms with van der Waals surface area (Å²) in [4.78, 5) is 11.0. The fourth-order valence-electron chi connectivity index (χ4n) is 1.74. The van der Waals surface area contributed by atoms with Gasteiger partial charge >= 0.3 is 0 Å². The lowest BCUT2D eigenvalue weighted by molar-refractivity contribution is -0.111. The Balaban J connectivity index is 2.44. The van der Waals surface area contributed by atoms with Crippen LogP contribution in [0, 0.1) is 0 Å². The Bertz CT molecular complexity index is 532. The third-order valence-electron chi connectivity index (χ3n) is 2.50. The van der Waals surface area contributed by atoms with Crippen LogP contribution in [0.15, 0.2) is 48.5 Å². The molecule has 0 aliphatic heterocycles. The lowest BCUT2D eigenvalue weighted by Gasteiger charge is -2.07. The Morgan fingerprint density at radius 2 is 1.65 bits per heavy atom. The fourth-order valence-corrected chi connectivity index (χ4v) is 2.01. The Morgan fingerprint density at radius 3 is 2.29 bits per heavy atom. The molecular weight excluding hydrogens is 255 g/mol. The van der Waals surface area contributed by atoms with E-state index in [1.165, 1.54) is 0 Å². The second-order valence-corrected chi connectivity index (χ2v) is 4.55. The van der Waals surface area contributed by atoms with Gasteiger partial charge in [0.25, 0.3) is 0 Å². The van der Waals surface area contributed by atoms with Crippen LogP contribution in [-0.2, 0) is 11.2 Å². The molecule has 0 aliphatic carbocycles. The van der Waals surface area contributed by atoms with Crippen molar-refractivity contribution in [3.8, 4) is 11.1 Å². The van der Waals surface area contributed by atoms with Crippen LogP contribution in [0.4, 0.5) is 0 Å². The van der Waals surface area contributed by atoms with Crippen LogP contribution in [0.2, 0.25) is 5.02 Å². The molecule has 2 rings (SSSR count). The van der Waals surface area contributed by atoms with Crippen LogP contribution in [0.1, 0.15) is 5.56 Å². The maximum Gasteiger partial charge on any atom is 0.226 e. The van der Waals surface area contributed by atoms with E-state index in [0.29, 0.717) is 5.02 Å². The molecule has 0 bridgehead atoms. The van der Waals surface area contributed by atoms with Gasteiger partial charge in [0.15, 0.2) is 0 Å². The quantitative estimate of drug-likeness (QED) is 0.755. The number of carbonyl (C=O) groups excluding carboxylic acids is 1. The standard InChI is InChI=1S/C14H10Cl2O/c15-12-7-5-10(6-8-12)13-4-2-1-3-11(13)9-14(16)17/h1-8H,9H2. The van der Waals surface area contributed by atoms with E-state index >= 15 is 0 Å². The summed E-state index contributed by atoms with van der Waals surface area (Å²) >= 11 is 11.3. The van der Waals surface area contributed by atoms with Gasteiger partial charge in [0.05, 0.1) is 0 Å². The normalized spacial score (nSPS) is 10.2. The van der Waals surface area contributed by atoms with E-state index in [0.717, 1.165) is 16.7 Å². The molecule has 3 heteroatoms. The van der Waals surface area contributed by atoms with E-state index in [-0.39, 0.29) is 11.7 Å². The zero-order valence-electron chi connectivity index (χ0n) is 8.99. The summed E-state index contributed by atoms with van der Waals surface area (Å²) < 4.78 is 0. The number of hydrogen-bond acceptors (Lipinski definition) is 1. The Hall–Kier alpha value is -1.31. The predicted molar refractivity (Wildman–Crippen MR) is 71.5 cm³/mol. The first kappa shape index (κ1) is 12.2. The van der Waals surface area contributed by atoms with Crippen molar-refractivity contribution in [2.24, 2.45) is 0 Å². The van der Waals surface area contributed by atoms with Crippen LogP contribution >= 0.6 is 23.2 Å².